The molecule has 2 aliphatic rings. The van der Waals surface area contributed by atoms with Gasteiger partial charge < -0.3 is 10.1 Å². The Kier molecular flexibility index (Phi) is 7.91. The highest BCUT2D eigenvalue weighted by molar-refractivity contribution is 5.87. The van der Waals surface area contributed by atoms with Crippen molar-refractivity contribution in [1.82, 2.24) is 10.8 Å². The van der Waals surface area contributed by atoms with Crippen LogP contribution in [0.5, 0.6) is 0 Å². The Labute approximate surface area is 147 Å². The van der Waals surface area contributed by atoms with E-state index in [9.17, 15) is 9.59 Å². The Balaban J connectivity index is 1.65. The van der Waals surface area contributed by atoms with Crippen molar-refractivity contribution in [3.63, 3.8) is 0 Å². The summed E-state index contributed by atoms with van der Waals surface area (Å²) in [5, 5.41) is 2.93. The maximum Gasteiger partial charge on any atom is 0.281 e. The minimum Gasteiger partial charge on any atom is -0.484 e. The van der Waals surface area contributed by atoms with Crippen molar-refractivity contribution in [2.75, 3.05) is 26.8 Å². The number of aliphatic imine (C=N–C) groups is 1. The van der Waals surface area contributed by atoms with Crippen LogP contribution in [0, 0.1) is 11.8 Å². The summed E-state index contributed by atoms with van der Waals surface area (Å²) in [5.74, 6) is 0.794. The molecule has 2 atom stereocenters. The Bertz CT molecular complexity index is 581. The summed E-state index contributed by atoms with van der Waals surface area (Å²) in [7, 11) is 1.37. The quantitative estimate of drug-likeness (QED) is 0.511. The number of hydrogen-bond donors (Lipinski definition) is 2. The van der Waals surface area contributed by atoms with Crippen LogP contribution in [0.15, 0.2) is 41.1 Å². The molecule has 0 fully saturated rings. The molecule has 2 rings (SSSR count). The molecule has 0 radical (unpaired) electrons. The van der Waals surface area contributed by atoms with E-state index in [1.807, 2.05) is 24.4 Å². The van der Waals surface area contributed by atoms with E-state index in [2.05, 4.69) is 20.6 Å². The number of rotatable bonds is 8. The molecule has 0 aromatic heterocycles. The average molecular weight is 347 g/mol. The van der Waals surface area contributed by atoms with E-state index in [4.69, 9.17) is 4.74 Å². The smallest absolute Gasteiger partial charge is 0.281 e. The third-order valence-electron chi connectivity index (χ3n) is 3.94. The van der Waals surface area contributed by atoms with E-state index in [1.54, 1.807) is 12.2 Å². The van der Waals surface area contributed by atoms with Crippen LogP contribution < -0.4 is 10.8 Å². The maximum atomic E-state index is 11.9. The lowest BCUT2D eigenvalue weighted by atomic mass is 9.99. The summed E-state index contributed by atoms with van der Waals surface area (Å²) in [6.07, 6.45) is 13.8. The zero-order valence-corrected chi connectivity index (χ0v) is 14.4. The molecule has 0 bridgehead atoms. The van der Waals surface area contributed by atoms with Gasteiger partial charge in [-0.15, -0.1) is 0 Å². The van der Waals surface area contributed by atoms with Gasteiger partial charge in [-0.2, -0.15) is 0 Å². The first kappa shape index (κ1) is 18.9. The summed E-state index contributed by atoms with van der Waals surface area (Å²) >= 11 is 0. The minimum absolute atomic E-state index is 0.0785. The van der Waals surface area contributed by atoms with Gasteiger partial charge in [0, 0.05) is 13.1 Å². The van der Waals surface area contributed by atoms with Crippen molar-refractivity contribution in [3.05, 3.63) is 36.1 Å². The molecule has 0 aromatic rings. The topological polar surface area (TPSA) is 89.0 Å². The first-order valence-corrected chi connectivity index (χ1v) is 8.44. The highest BCUT2D eigenvalue weighted by Crippen LogP contribution is 2.18. The molecule has 0 saturated heterocycles. The molecular weight excluding hydrogens is 322 g/mol. The van der Waals surface area contributed by atoms with E-state index < -0.39 is 0 Å². The maximum absolute atomic E-state index is 11.9. The number of amides is 2. The molecule has 25 heavy (non-hydrogen) atoms. The Morgan fingerprint density at radius 2 is 2.32 bits per heavy atom. The van der Waals surface area contributed by atoms with Crippen LogP contribution in [-0.4, -0.2) is 44.8 Å². The monoisotopic (exact) mass is 347 g/mol. The summed E-state index contributed by atoms with van der Waals surface area (Å²) in [4.78, 5) is 31.9. The van der Waals surface area contributed by atoms with Crippen LogP contribution >= 0.6 is 0 Å². The third kappa shape index (κ3) is 7.34. The van der Waals surface area contributed by atoms with E-state index >= 15 is 0 Å². The molecule has 7 nitrogen and oxygen atoms in total. The van der Waals surface area contributed by atoms with Crippen molar-refractivity contribution in [2.45, 2.75) is 19.3 Å². The zero-order valence-electron chi connectivity index (χ0n) is 14.4. The van der Waals surface area contributed by atoms with Gasteiger partial charge in [-0.25, -0.2) is 5.48 Å². The first-order valence-electron chi connectivity index (χ1n) is 8.44. The normalized spacial score (nSPS) is 22.5. The van der Waals surface area contributed by atoms with Gasteiger partial charge in [-0.3, -0.25) is 19.4 Å². The van der Waals surface area contributed by atoms with Crippen LogP contribution in [-0.2, 0) is 19.2 Å². The third-order valence-corrected chi connectivity index (χ3v) is 3.94. The number of hydroxylamine groups is 1. The average Bonchev–Trinajstić information content (AvgIpc) is 2.65. The molecule has 2 unspecified atom stereocenters. The van der Waals surface area contributed by atoms with Crippen LogP contribution in [0.4, 0.5) is 0 Å². The molecule has 1 aliphatic carbocycles. The van der Waals surface area contributed by atoms with E-state index in [0.717, 1.165) is 25.8 Å². The number of ether oxygens (including phenoxy) is 1. The SMILES string of the molecule is CONC(=O)COC1=CCC(/C=C/C(=O)NCC2CCC=NC2)C=C1. The number of nitrogens with zero attached hydrogens (tertiary/aromatic N) is 1. The van der Waals surface area contributed by atoms with Gasteiger partial charge in [-0.05, 0) is 55.5 Å². The molecule has 136 valence electrons. The summed E-state index contributed by atoms with van der Waals surface area (Å²) in [6.45, 7) is 1.37. The summed E-state index contributed by atoms with van der Waals surface area (Å²) in [6, 6.07) is 0. The number of carbonyl (C=O) groups excluding carboxylic acids is 2. The molecule has 0 spiro atoms. The molecule has 2 N–H and O–H groups in total. The van der Waals surface area contributed by atoms with Crippen LogP contribution in [0.1, 0.15) is 19.3 Å². The lowest BCUT2D eigenvalue weighted by molar-refractivity contribution is -0.134. The van der Waals surface area contributed by atoms with E-state index in [1.165, 1.54) is 7.11 Å². The Morgan fingerprint density at radius 3 is 3.00 bits per heavy atom. The molecule has 0 aromatic carbocycles. The van der Waals surface area contributed by atoms with Crippen molar-refractivity contribution in [3.8, 4) is 0 Å². The lowest BCUT2D eigenvalue weighted by Crippen LogP contribution is -2.30. The minimum atomic E-state index is -0.348. The number of carbonyl (C=O) groups is 2. The Hall–Kier alpha value is -2.41. The molecule has 0 saturated carbocycles. The van der Waals surface area contributed by atoms with E-state index in [0.29, 0.717) is 18.2 Å². The molecular formula is C18H25N3O4. The van der Waals surface area contributed by atoms with Crippen LogP contribution in [0.25, 0.3) is 0 Å². The fourth-order valence-electron chi connectivity index (χ4n) is 2.56. The molecule has 1 aliphatic heterocycles. The van der Waals surface area contributed by atoms with Gasteiger partial charge in [0.1, 0.15) is 5.76 Å². The summed E-state index contributed by atoms with van der Waals surface area (Å²) in [5.41, 5.74) is 2.18. The van der Waals surface area contributed by atoms with Crippen molar-refractivity contribution in [1.29, 1.82) is 0 Å². The lowest BCUT2D eigenvalue weighted by Gasteiger charge is -2.17. The van der Waals surface area contributed by atoms with Crippen molar-refractivity contribution < 1.29 is 19.2 Å². The number of allylic oxidation sites excluding steroid dienone is 4. The van der Waals surface area contributed by atoms with Crippen LogP contribution in [0.3, 0.4) is 0 Å². The van der Waals surface area contributed by atoms with Gasteiger partial charge in [0.15, 0.2) is 6.61 Å². The van der Waals surface area contributed by atoms with Crippen LogP contribution in [0.2, 0.25) is 0 Å². The second kappa shape index (κ2) is 10.5. The fraction of sp³-hybridized carbons (Fsp3) is 0.500. The number of nitrogens with one attached hydrogen (secondary N) is 2. The predicted octanol–water partition coefficient (Wildman–Crippen LogP) is 1.29. The molecule has 7 heteroatoms. The van der Waals surface area contributed by atoms with Gasteiger partial charge in [0.2, 0.25) is 5.91 Å². The predicted molar refractivity (Wildman–Crippen MR) is 94.7 cm³/mol. The second-order valence-corrected chi connectivity index (χ2v) is 5.98. The van der Waals surface area contributed by atoms with Gasteiger partial charge >= 0.3 is 0 Å². The standard InChI is InChI=1S/C18H25N3O4/c1-24-21-18(23)13-25-16-7-4-14(5-8-16)6-9-17(22)20-12-15-3-2-10-19-11-15/h4,6-10,14-15H,2-3,5,11-13H2,1H3,(H,20,22)(H,21,23)/b9-6+. The zero-order chi connectivity index (χ0) is 17.9. The van der Waals surface area contributed by atoms with Gasteiger partial charge in [-0.1, -0.05) is 12.2 Å². The highest BCUT2D eigenvalue weighted by atomic mass is 16.6. The fourth-order valence-corrected chi connectivity index (χ4v) is 2.56. The Morgan fingerprint density at radius 1 is 1.44 bits per heavy atom. The molecule has 1 heterocycles. The molecule has 2 amide bonds. The summed E-state index contributed by atoms with van der Waals surface area (Å²) < 4.78 is 5.34. The second-order valence-electron chi connectivity index (χ2n) is 5.98. The largest absolute Gasteiger partial charge is 0.484 e. The first-order chi connectivity index (χ1) is 12.2. The number of hydrogen-bond acceptors (Lipinski definition) is 5. The van der Waals surface area contributed by atoms with E-state index in [-0.39, 0.29) is 24.3 Å². The van der Waals surface area contributed by atoms with Crippen molar-refractivity contribution >= 4 is 18.0 Å². The van der Waals surface area contributed by atoms with Gasteiger partial charge in [0.05, 0.1) is 7.11 Å². The van der Waals surface area contributed by atoms with Crippen molar-refractivity contribution in [2.24, 2.45) is 16.8 Å². The van der Waals surface area contributed by atoms with Gasteiger partial charge in [0.25, 0.3) is 5.91 Å². The highest BCUT2D eigenvalue weighted by Gasteiger charge is 2.12.